The Bertz CT molecular complexity index is 629. The summed E-state index contributed by atoms with van der Waals surface area (Å²) in [6, 6.07) is 8.86. The van der Waals surface area contributed by atoms with Crippen molar-refractivity contribution >= 4 is 11.9 Å². The molecule has 5 nitrogen and oxygen atoms in total. The van der Waals surface area contributed by atoms with E-state index in [1.807, 2.05) is 4.90 Å². The van der Waals surface area contributed by atoms with Crippen molar-refractivity contribution in [3.8, 4) is 0 Å². The van der Waals surface area contributed by atoms with E-state index < -0.39 is 0 Å². The molecule has 2 N–H and O–H groups in total. The maximum absolute atomic E-state index is 11.9. The lowest BCUT2D eigenvalue weighted by Crippen LogP contribution is -2.42. The van der Waals surface area contributed by atoms with Gasteiger partial charge in [0, 0.05) is 32.1 Å². The van der Waals surface area contributed by atoms with Crippen LogP contribution in [0.15, 0.2) is 29.3 Å². The van der Waals surface area contributed by atoms with Crippen LogP contribution in [0.25, 0.3) is 0 Å². The SMILES string of the molecule is CCCCCCC(C)NC(=NCc1cccc(CN2CCCC2=O)c1)NCC. The molecule has 28 heavy (non-hydrogen) atoms. The van der Waals surface area contributed by atoms with E-state index in [0.29, 0.717) is 25.6 Å². The molecule has 1 unspecified atom stereocenters. The fourth-order valence-corrected chi connectivity index (χ4v) is 3.59. The molecule has 5 heteroatoms. The monoisotopic (exact) mass is 386 g/mol. The summed E-state index contributed by atoms with van der Waals surface area (Å²) in [4.78, 5) is 18.6. The Morgan fingerprint density at radius 1 is 1.21 bits per heavy atom. The molecule has 156 valence electrons. The van der Waals surface area contributed by atoms with Crippen LogP contribution in [0.1, 0.15) is 76.8 Å². The normalized spacial score (nSPS) is 15.8. The second kappa shape index (κ2) is 12.4. The van der Waals surface area contributed by atoms with Gasteiger partial charge in [0.15, 0.2) is 5.96 Å². The van der Waals surface area contributed by atoms with Crippen LogP contribution in [0.4, 0.5) is 0 Å². The first-order valence-electron chi connectivity index (χ1n) is 11.0. The van der Waals surface area contributed by atoms with Crippen LogP contribution in [-0.2, 0) is 17.9 Å². The van der Waals surface area contributed by atoms with Gasteiger partial charge in [-0.3, -0.25) is 4.79 Å². The fourth-order valence-electron chi connectivity index (χ4n) is 3.59. The van der Waals surface area contributed by atoms with Crippen LogP contribution in [-0.4, -0.2) is 35.9 Å². The zero-order valence-corrected chi connectivity index (χ0v) is 18.0. The van der Waals surface area contributed by atoms with Gasteiger partial charge in [0.05, 0.1) is 6.54 Å². The first kappa shape index (κ1) is 22.3. The van der Waals surface area contributed by atoms with Crippen LogP contribution in [0.5, 0.6) is 0 Å². The molecule has 1 heterocycles. The van der Waals surface area contributed by atoms with Crippen molar-refractivity contribution in [3.05, 3.63) is 35.4 Å². The Morgan fingerprint density at radius 3 is 2.75 bits per heavy atom. The molecule has 1 amide bonds. The van der Waals surface area contributed by atoms with E-state index in [4.69, 9.17) is 4.99 Å². The molecule has 0 aliphatic carbocycles. The Hall–Kier alpha value is -2.04. The lowest BCUT2D eigenvalue weighted by Gasteiger charge is -2.18. The van der Waals surface area contributed by atoms with Gasteiger partial charge in [-0.15, -0.1) is 0 Å². The van der Waals surface area contributed by atoms with Crippen LogP contribution in [0.2, 0.25) is 0 Å². The molecule has 1 fully saturated rings. The number of hydrogen-bond donors (Lipinski definition) is 2. The number of aliphatic imine (C=N–C) groups is 1. The van der Waals surface area contributed by atoms with Crippen molar-refractivity contribution in [3.63, 3.8) is 0 Å². The van der Waals surface area contributed by atoms with Crippen molar-refractivity contribution in [1.82, 2.24) is 15.5 Å². The molecule has 1 aliphatic heterocycles. The van der Waals surface area contributed by atoms with Gasteiger partial charge in [-0.25, -0.2) is 4.99 Å². The summed E-state index contributed by atoms with van der Waals surface area (Å²) >= 11 is 0. The molecule has 1 aliphatic rings. The highest BCUT2D eigenvalue weighted by atomic mass is 16.2. The number of carbonyl (C=O) groups is 1. The summed E-state index contributed by atoms with van der Waals surface area (Å²) in [5.41, 5.74) is 2.36. The van der Waals surface area contributed by atoms with E-state index in [9.17, 15) is 4.79 Å². The summed E-state index contributed by atoms with van der Waals surface area (Å²) in [6.45, 7) is 9.65. The molecule has 1 saturated heterocycles. The number of hydrogen-bond acceptors (Lipinski definition) is 2. The number of nitrogens with one attached hydrogen (secondary N) is 2. The largest absolute Gasteiger partial charge is 0.357 e. The minimum Gasteiger partial charge on any atom is -0.357 e. The van der Waals surface area contributed by atoms with Gasteiger partial charge in [0.1, 0.15) is 0 Å². The second-order valence-electron chi connectivity index (χ2n) is 7.83. The Kier molecular flexibility index (Phi) is 9.87. The highest BCUT2D eigenvalue weighted by molar-refractivity contribution is 5.80. The molecular formula is C23H38N4O. The molecule has 1 atom stereocenters. The zero-order chi connectivity index (χ0) is 20.2. The van der Waals surface area contributed by atoms with Crippen LogP contribution in [0.3, 0.4) is 0 Å². The number of carbonyl (C=O) groups excluding carboxylic acids is 1. The minimum absolute atomic E-state index is 0.273. The van der Waals surface area contributed by atoms with Gasteiger partial charge >= 0.3 is 0 Å². The molecule has 1 aromatic carbocycles. The number of benzene rings is 1. The van der Waals surface area contributed by atoms with E-state index in [0.717, 1.165) is 25.5 Å². The number of guanidine groups is 1. The molecule has 0 saturated carbocycles. The average Bonchev–Trinajstić information content (AvgIpc) is 3.08. The maximum atomic E-state index is 11.9. The molecule has 0 spiro atoms. The van der Waals surface area contributed by atoms with Gasteiger partial charge in [0.25, 0.3) is 0 Å². The number of unbranched alkanes of at least 4 members (excludes halogenated alkanes) is 3. The highest BCUT2D eigenvalue weighted by Crippen LogP contribution is 2.15. The Labute approximate surface area is 171 Å². The van der Waals surface area contributed by atoms with Gasteiger partial charge in [-0.1, -0.05) is 56.9 Å². The van der Waals surface area contributed by atoms with Gasteiger partial charge in [-0.05, 0) is 37.8 Å². The van der Waals surface area contributed by atoms with Gasteiger partial charge in [0.2, 0.25) is 5.91 Å². The zero-order valence-electron chi connectivity index (χ0n) is 18.0. The van der Waals surface area contributed by atoms with Crippen molar-refractivity contribution in [2.75, 3.05) is 13.1 Å². The number of rotatable bonds is 11. The Morgan fingerprint density at radius 2 is 2.04 bits per heavy atom. The molecule has 1 aromatic rings. The Balaban J connectivity index is 1.88. The summed E-state index contributed by atoms with van der Waals surface area (Å²) in [6.07, 6.45) is 8.01. The van der Waals surface area contributed by atoms with Crippen molar-refractivity contribution in [2.45, 2.75) is 84.8 Å². The summed E-state index contributed by atoms with van der Waals surface area (Å²) in [5, 5.41) is 6.88. The summed E-state index contributed by atoms with van der Waals surface area (Å²) < 4.78 is 0. The van der Waals surface area contributed by atoms with Gasteiger partial charge < -0.3 is 15.5 Å². The smallest absolute Gasteiger partial charge is 0.222 e. The van der Waals surface area contributed by atoms with Crippen molar-refractivity contribution in [2.24, 2.45) is 4.99 Å². The third-order valence-electron chi connectivity index (χ3n) is 5.17. The molecular weight excluding hydrogens is 348 g/mol. The van der Waals surface area contributed by atoms with E-state index in [1.54, 1.807) is 0 Å². The maximum Gasteiger partial charge on any atom is 0.222 e. The first-order chi connectivity index (χ1) is 13.6. The van der Waals surface area contributed by atoms with E-state index in [-0.39, 0.29) is 5.91 Å². The van der Waals surface area contributed by atoms with Crippen LogP contribution >= 0.6 is 0 Å². The first-order valence-corrected chi connectivity index (χ1v) is 11.0. The van der Waals surface area contributed by atoms with Crippen molar-refractivity contribution in [1.29, 1.82) is 0 Å². The highest BCUT2D eigenvalue weighted by Gasteiger charge is 2.19. The van der Waals surface area contributed by atoms with E-state index >= 15 is 0 Å². The predicted molar refractivity (Wildman–Crippen MR) is 117 cm³/mol. The van der Waals surface area contributed by atoms with Crippen LogP contribution < -0.4 is 10.6 Å². The number of nitrogens with zero attached hydrogens (tertiary/aromatic N) is 2. The summed E-state index contributed by atoms with van der Waals surface area (Å²) in [5.74, 6) is 1.15. The molecule has 0 bridgehead atoms. The topological polar surface area (TPSA) is 56.7 Å². The average molecular weight is 387 g/mol. The number of likely N-dealkylation sites (tertiary alicyclic amines) is 1. The van der Waals surface area contributed by atoms with Crippen molar-refractivity contribution < 1.29 is 4.79 Å². The van der Waals surface area contributed by atoms with Gasteiger partial charge in [-0.2, -0.15) is 0 Å². The van der Waals surface area contributed by atoms with Crippen LogP contribution in [0, 0.1) is 0 Å². The third kappa shape index (κ3) is 7.91. The lowest BCUT2D eigenvalue weighted by molar-refractivity contribution is -0.128. The quantitative estimate of drug-likeness (QED) is 0.340. The van der Waals surface area contributed by atoms with E-state index in [2.05, 4.69) is 55.7 Å². The van der Waals surface area contributed by atoms with E-state index in [1.165, 1.54) is 43.2 Å². The standard InChI is InChI=1S/C23H38N4O/c1-4-6-7-8-11-19(3)26-23(24-5-2)25-17-20-12-9-13-21(16-20)18-27-15-10-14-22(27)28/h9,12-13,16,19H,4-8,10-11,14-15,17-18H2,1-3H3,(H2,24,25,26). The number of amides is 1. The molecule has 0 aromatic heterocycles. The second-order valence-corrected chi connectivity index (χ2v) is 7.83. The third-order valence-corrected chi connectivity index (χ3v) is 5.17. The minimum atomic E-state index is 0.273. The lowest BCUT2D eigenvalue weighted by atomic mass is 10.1. The molecule has 0 radical (unpaired) electrons. The summed E-state index contributed by atoms with van der Waals surface area (Å²) in [7, 11) is 0. The molecule has 2 rings (SSSR count). The predicted octanol–water partition coefficient (Wildman–Crippen LogP) is 4.22. The fraction of sp³-hybridized carbons (Fsp3) is 0.652.